The van der Waals surface area contributed by atoms with Crippen LogP contribution >= 0.6 is 11.8 Å². The number of hydrogen-bond acceptors (Lipinski definition) is 2. The van der Waals surface area contributed by atoms with Crippen molar-refractivity contribution in [1.29, 1.82) is 0 Å². The summed E-state index contributed by atoms with van der Waals surface area (Å²) in [7, 11) is 0. The number of nitrogens with two attached hydrogens (primary N) is 1. The van der Waals surface area contributed by atoms with E-state index in [1.54, 1.807) is 0 Å². The lowest BCUT2D eigenvalue weighted by Crippen LogP contribution is -2.32. The van der Waals surface area contributed by atoms with Gasteiger partial charge in [0, 0.05) is 12.3 Å². The third-order valence-corrected chi connectivity index (χ3v) is 2.64. The van der Waals surface area contributed by atoms with E-state index in [1.165, 1.54) is 11.8 Å². The Balaban J connectivity index is 3.84. The largest absolute Gasteiger partial charge is 0.393 e. The molecule has 1 nitrogen and oxygen atoms in total. The average molecular weight is 201 g/mol. The van der Waals surface area contributed by atoms with Crippen molar-refractivity contribution in [2.45, 2.75) is 25.3 Å². The molecule has 0 aliphatic rings. The van der Waals surface area contributed by atoms with Crippen molar-refractivity contribution in [2.24, 2.45) is 11.7 Å². The van der Waals surface area contributed by atoms with E-state index in [2.05, 4.69) is 0 Å². The van der Waals surface area contributed by atoms with Crippen molar-refractivity contribution in [3.05, 3.63) is 0 Å². The van der Waals surface area contributed by atoms with E-state index in [0.29, 0.717) is 0 Å². The van der Waals surface area contributed by atoms with Crippen LogP contribution in [0.2, 0.25) is 0 Å². The molecule has 2 N–H and O–H groups in total. The van der Waals surface area contributed by atoms with Crippen molar-refractivity contribution < 1.29 is 13.2 Å². The molecule has 5 heteroatoms. The van der Waals surface area contributed by atoms with Gasteiger partial charge in [0.15, 0.2) is 0 Å². The molecule has 0 spiro atoms. The molecule has 0 bridgehead atoms. The Bertz CT molecular complexity index is 124. The highest BCUT2D eigenvalue weighted by molar-refractivity contribution is 7.99. The Morgan fingerprint density at radius 3 is 2.08 bits per heavy atom. The third-order valence-electron chi connectivity index (χ3n) is 1.38. The van der Waals surface area contributed by atoms with Crippen LogP contribution in [0.25, 0.3) is 0 Å². The predicted molar refractivity (Wildman–Crippen MR) is 46.2 cm³/mol. The Morgan fingerprint density at radius 2 is 1.83 bits per heavy atom. The summed E-state index contributed by atoms with van der Waals surface area (Å²) in [6.07, 6.45) is -4.14. The molecule has 0 fully saturated rings. The highest BCUT2D eigenvalue weighted by Gasteiger charge is 2.38. The van der Waals surface area contributed by atoms with Gasteiger partial charge in [-0.25, -0.2) is 0 Å². The lowest BCUT2D eigenvalue weighted by atomic mass is 10.2. The van der Waals surface area contributed by atoms with Crippen molar-refractivity contribution in [1.82, 2.24) is 0 Å². The maximum Gasteiger partial charge on any atom is 0.393 e. The first-order chi connectivity index (χ1) is 5.38. The van der Waals surface area contributed by atoms with Crippen molar-refractivity contribution in [3.8, 4) is 0 Å². The number of hydrogen-bond donors (Lipinski definition) is 1. The fraction of sp³-hybridized carbons (Fsp3) is 1.00. The quantitative estimate of drug-likeness (QED) is 0.755. The van der Waals surface area contributed by atoms with Gasteiger partial charge in [-0.3, -0.25) is 0 Å². The molecule has 0 rings (SSSR count). The lowest BCUT2D eigenvalue weighted by Gasteiger charge is -2.18. The highest BCUT2D eigenvalue weighted by atomic mass is 32.2. The van der Waals surface area contributed by atoms with E-state index in [1.807, 2.05) is 13.8 Å². The monoisotopic (exact) mass is 201 g/mol. The van der Waals surface area contributed by atoms with Gasteiger partial charge >= 0.3 is 6.18 Å². The van der Waals surface area contributed by atoms with Crippen LogP contribution in [0.5, 0.6) is 0 Å². The fourth-order valence-electron chi connectivity index (χ4n) is 0.605. The van der Waals surface area contributed by atoms with Crippen LogP contribution in [0.1, 0.15) is 13.8 Å². The number of rotatable bonds is 4. The number of thioether (sulfide) groups is 1. The molecular formula is C7H14F3NS. The zero-order chi connectivity index (χ0) is 9.78. The summed E-state index contributed by atoms with van der Waals surface area (Å²) in [5, 5.41) is 0.224. The Hall–Kier alpha value is 0.100. The molecule has 74 valence electrons. The smallest absolute Gasteiger partial charge is 0.330 e. The maximum atomic E-state index is 12.1. The van der Waals surface area contributed by atoms with Crippen molar-refractivity contribution in [3.63, 3.8) is 0 Å². The first-order valence-electron chi connectivity index (χ1n) is 3.76. The molecule has 0 heterocycles. The van der Waals surface area contributed by atoms with Crippen molar-refractivity contribution in [2.75, 3.05) is 12.3 Å². The molecule has 0 aliphatic carbocycles. The molecule has 0 radical (unpaired) electrons. The Kier molecular flexibility index (Phi) is 5.01. The van der Waals surface area contributed by atoms with Crippen LogP contribution in [0.4, 0.5) is 13.2 Å². The van der Waals surface area contributed by atoms with Crippen LogP contribution in [0.3, 0.4) is 0 Å². The molecule has 0 saturated carbocycles. The summed E-state index contributed by atoms with van der Waals surface area (Å²) < 4.78 is 36.2. The van der Waals surface area contributed by atoms with Crippen LogP contribution in [0.15, 0.2) is 0 Å². The Labute approximate surface area is 74.9 Å². The van der Waals surface area contributed by atoms with Gasteiger partial charge in [0.2, 0.25) is 0 Å². The number of halogens is 3. The van der Waals surface area contributed by atoms with E-state index in [0.717, 1.165) is 0 Å². The molecule has 0 aromatic carbocycles. The molecule has 0 aromatic heterocycles. The van der Waals surface area contributed by atoms with E-state index in [9.17, 15) is 13.2 Å². The lowest BCUT2D eigenvalue weighted by molar-refractivity contribution is -0.165. The van der Waals surface area contributed by atoms with Gasteiger partial charge in [0.25, 0.3) is 0 Å². The predicted octanol–water partition coefficient (Wildman–Crippen LogP) is 2.27. The first-order valence-corrected chi connectivity index (χ1v) is 4.81. The molecule has 0 aromatic rings. The summed E-state index contributed by atoms with van der Waals surface area (Å²) in [5.41, 5.74) is 5.01. The molecule has 0 aliphatic heterocycles. The molecule has 1 unspecified atom stereocenters. The SMILES string of the molecule is CC(C)SCC(CN)C(F)(F)F. The van der Waals surface area contributed by atoms with Crippen LogP contribution in [-0.2, 0) is 0 Å². The molecule has 1 atom stereocenters. The zero-order valence-corrected chi connectivity index (χ0v) is 8.00. The van der Waals surface area contributed by atoms with Crippen LogP contribution in [0, 0.1) is 5.92 Å². The van der Waals surface area contributed by atoms with Gasteiger partial charge in [-0.15, -0.1) is 0 Å². The standard InChI is InChI=1S/C7H14F3NS/c1-5(2)12-4-6(3-11)7(8,9)10/h5-6H,3-4,11H2,1-2H3. The van der Waals surface area contributed by atoms with E-state index < -0.39 is 12.1 Å². The maximum absolute atomic E-state index is 12.1. The molecule has 12 heavy (non-hydrogen) atoms. The van der Waals surface area contributed by atoms with E-state index in [4.69, 9.17) is 5.73 Å². The zero-order valence-electron chi connectivity index (χ0n) is 7.19. The normalized spacial score (nSPS) is 15.2. The van der Waals surface area contributed by atoms with Crippen LogP contribution in [-0.4, -0.2) is 23.7 Å². The molecule has 0 amide bonds. The highest BCUT2D eigenvalue weighted by Crippen LogP contribution is 2.29. The first kappa shape index (κ1) is 12.1. The third kappa shape index (κ3) is 4.87. The van der Waals surface area contributed by atoms with Gasteiger partial charge in [-0.05, 0) is 5.25 Å². The minimum atomic E-state index is -4.14. The second-order valence-electron chi connectivity index (χ2n) is 2.86. The fourth-order valence-corrected chi connectivity index (χ4v) is 1.55. The summed E-state index contributed by atoms with van der Waals surface area (Å²) in [6, 6.07) is 0. The second-order valence-corrected chi connectivity index (χ2v) is 4.47. The summed E-state index contributed by atoms with van der Waals surface area (Å²) in [4.78, 5) is 0. The molecular weight excluding hydrogens is 187 g/mol. The van der Waals surface area contributed by atoms with Gasteiger partial charge in [0.05, 0.1) is 5.92 Å². The Morgan fingerprint density at radius 1 is 1.33 bits per heavy atom. The minimum absolute atomic E-state index is 0.0671. The van der Waals surface area contributed by atoms with Crippen molar-refractivity contribution >= 4 is 11.8 Å². The summed E-state index contributed by atoms with van der Waals surface area (Å²) >= 11 is 1.29. The average Bonchev–Trinajstić information content (AvgIpc) is 1.85. The van der Waals surface area contributed by atoms with Gasteiger partial charge < -0.3 is 5.73 Å². The molecule has 0 saturated heterocycles. The van der Waals surface area contributed by atoms with Gasteiger partial charge in [-0.1, -0.05) is 13.8 Å². The summed E-state index contributed by atoms with van der Waals surface area (Å²) in [6.45, 7) is 3.42. The number of alkyl halides is 3. The van der Waals surface area contributed by atoms with Gasteiger partial charge in [-0.2, -0.15) is 24.9 Å². The van der Waals surface area contributed by atoms with Crippen LogP contribution < -0.4 is 5.73 Å². The summed E-state index contributed by atoms with van der Waals surface area (Å²) in [5.74, 6) is -1.29. The minimum Gasteiger partial charge on any atom is -0.330 e. The van der Waals surface area contributed by atoms with E-state index in [-0.39, 0.29) is 17.5 Å². The second kappa shape index (κ2) is 4.97. The van der Waals surface area contributed by atoms with E-state index >= 15 is 0 Å². The van der Waals surface area contributed by atoms with Gasteiger partial charge in [0.1, 0.15) is 0 Å². The topological polar surface area (TPSA) is 26.0 Å².